The van der Waals surface area contributed by atoms with Crippen LogP contribution >= 0.6 is 0 Å². The van der Waals surface area contributed by atoms with Crippen molar-refractivity contribution in [3.8, 4) is 0 Å². The van der Waals surface area contributed by atoms with Crippen LogP contribution in [0.15, 0.2) is 101 Å². The standard InChI is InChI=1S/C27H25N3O3S/c1-20-10-16-25(17-11-20)34(32,33)30(2)19-21-12-14-23(15-13-21)27(31)29-28-18-24-8-5-7-22-6-3-4-9-26(22)24/h3-18H,19H2,1-2H3,(H,29,31). The zero-order valence-electron chi connectivity index (χ0n) is 19.0. The topological polar surface area (TPSA) is 78.8 Å². The Hall–Kier alpha value is -3.81. The second-order valence-corrected chi connectivity index (χ2v) is 10.1. The van der Waals surface area contributed by atoms with E-state index in [0.29, 0.717) is 5.56 Å². The summed E-state index contributed by atoms with van der Waals surface area (Å²) in [5, 5.41) is 6.25. The number of nitrogens with zero attached hydrogens (tertiary/aromatic N) is 2. The third-order valence-electron chi connectivity index (χ3n) is 5.54. The van der Waals surface area contributed by atoms with Crippen LogP contribution in [0.2, 0.25) is 0 Å². The SMILES string of the molecule is Cc1ccc(S(=O)(=O)N(C)Cc2ccc(C(=O)NN=Cc3cccc4ccccc34)cc2)cc1. The van der Waals surface area contributed by atoms with Crippen molar-refractivity contribution in [2.24, 2.45) is 5.10 Å². The number of sulfonamides is 1. The van der Waals surface area contributed by atoms with Crippen molar-refractivity contribution in [1.29, 1.82) is 0 Å². The highest BCUT2D eigenvalue weighted by Gasteiger charge is 2.20. The van der Waals surface area contributed by atoms with Gasteiger partial charge < -0.3 is 0 Å². The summed E-state index contributed by atoms with van der Waals surface area (Å²) in [5.41, 5.74) is 5.66. The van der Waals surface area contributed by atoms with Gasteiger partial charge in [0, 0.05) is 24.7 Å². The van der Waals surface area contributed by atoms with Crippen LogP contribution in [0.25, 0.3) is 10.8 Å². The van der Waals surface area contributed by atoms with Crippen LogP contribution in [0, 0.1) is 6.92 Å². The van der Waals surface area contributed by atoms with Gasteiger partial charge in [-0.05, 0) is 47.5 Å². The van der Waals surface area contributed by atoms with Gasteiger partial charge in [0.2, 0.25) is 10.0 Å². The molecule has 7 heteroatoms. The number of carbonyl (C=O) groups is 1. The van der Waals surface area contributed by atoms with Gasteiger partial charge in [-0.1, -0.05) is 72.3 Å². The number of nitrogens with one attached hydrogen (secondary N) is 1. The van der Waals surface area contributed by atoms with Gasteiger partial charge in [-0.2, -0.15) is 9.41 Å². The van der Waals surface area contributed by atoms with Gasteiger partial charge >= 0.3 is 0 Å². The molecule has 4 rings (SSSR count). The summed E-state index contributed by atoms with van der Waals surface area (Å²) in [6.07, 6.45) is 1.62. The average Bonchev–Trinajstić information content (AvgIpc) is 2.85. The molecule has 0 saturated heterocycles. The molecule has 0 radical (unpaired) electrons. The number of hydrazone groups is 1. The van der Waals surface area contributed by atoms with Crippen molar-refractivity contribution in [1.82, 2.24) is 9.73 Å². The lowest BCUT2D eigenvalue weighted by atomic mass is 10.1. The van der Waals surface area contributed by atoms with E-state index in [1.54, 1.807) is 54.7 Å². The van der Waals surface area contributed by atoms with Gasteiger partial charge in [-0.25, -0.2) is 13.8 Å². The molecule has 6 nitrogen and oxygen atoms in total. The molecule has 0 bridgehead atoms. The average molecular weight is 472 g/mol. The summed E-state index contributed by atoms with van der Waals surface area (Å²) >= 11 is 0. The van der Waals surface area contributed by atoms with Gasteiger partial charge in [0.05, 0.1) is 11.1 Å². The Kier molecular flexibility index (Phi) is 6.86. The molecule has 0 aliphatic heterocycles. The van der Waals surface area contributed by atoms with Crippen LogP contribution in [0.5, 0.6) is 0 Å². The monoisotopic (exact) mass is 471 g/mol. The molecule has 4 aromatic carbocycles. The number of aryl methyl sites for hydroxylation is 1. The zero-order valence-corrected chi connectivity index (χ0v) is 19.8. The minimum Gasteiger partial charge on any atom is -0.267 e. The number of rotatable bonds is 7. The molecule has 1 amide bonds. The summed E-state index contributed by atoms with van der Waals surface area (Å²) in [5.74, 6) is -0.344. The molecule has 0 saturated carbocycles. The number of carbonyl (C=O) groups excluding carboxylic acids is 1. The molecule has 4 aromatic rings. The molecule has 172 valence electrons. The Balaban J connectivity index is 1.39. The van der Waals surface area contributed by atoms with Crippen molar-refractivity contribution < 1.29 is 13.2 Å². The molecule has 0 aromatic heterocycles. The molecular weight excluding hydrogens is 446 g/mol. The maximum Gasteiger partial charge on any atom is 0.271 e. The van der Waals surface area contributed by atoms with Crippen LogP contribution in [0.3, 0.4) is 0 Å². The highest BCUT2D eigenvalue weighted by molar-refractivity contribution is 7.89. The fourth-order valence-corrected chi connectivity index (χ4v) is 4.74. The first-order chi connectivity index (χ1) is 16.3. The minimum atomic E-state index is -3.60. The normalized spacial score (nSPS) is 11.9. The Morgan fingerprint density at radius 3 is 2.32 bits per heavy atom. The molecule has 0 atom stereocenters. The molecule has 0 aliphatic carbocycles. The van der Waals surface area contributed by atoms with Crippen molar-refractivity contribution in [2.45, 2.75) is 18.4 Å². The maximum absolute atomic E-state index is 12.8. The van der Waals surface area contributed by atoms with Gasteiger partial charge in [-0.3, -0.25) is 4.79 Å². The predicted octanol–water partition coefficient (Wildman–Crippen LogP) is 4.73. The van der Waals surface area contributed by atoms with E-state index in [1.807, 2.05) is 49.4 Å². The van der Waals surface area contributed by atoms with E-state index >= 15 is 0 Å². The largest absolute Gasteiger partial charge is 0.271 e. The molecule has 0 fully saturated rings. The van der Waals surface area contributed by atoms with Gasteiger partial charge in [0.1, 0.15) is 0 Å². The number of hydrogen-bond donors (Lipinski definition) is 1. The maximum atomic E-state index is 12.8. The van der Waals surface area contributed by atoms with Crippen LogP contribution in [-0.2, 0) is 16.6 Å². The van der Waals surface area contributed by atoms with Crippen molar-refractivity contribution in [2.75, 3.05) is 7.05 Å². The fraction of sp³-hybridized carbons (Fsp3) is 0.111. The Bertz CT molecular complexity index is 1440. The summed E-state index contributed by atoms with van der Waals surface area (Å²) in [6.45, 7) is 2.10. The summed E-state index contributed by atoms with van der Waals surface area (Å²) in [7, 11) is -2.06. The number of hydrogen-bond acceptors (Lipinski definition) is 4. The molecular formula is C27H25N3O3S. The highest BCUT2D eigenvalue weighted by atomic mass is 32.2. The van der Waals surface area contributed by atoms with Gasteiger partial charge in [0.25, 0.3) is 5.91 Å². The van der Waals surface area contributed by atoms with E-state index in [9.17, 15) is 13.2 Å². The predicted molar refractivity (Wildman–Crippen MR) is 135 cm³/mol. The molecule has 0 unspecified atom stereocenters. The van der Waals surface area contributed by atoms with Crippen LogP contribution < -0.4 is 5.43 Å². The summed E-state index contributed by atoms with van der Waals surface area (Å²) < 4.78 is 26.9. The minimum absolute atomic E-state index is 0.192. The third-order valence-corrected chi connectivity index (χ3v) is 7.36. The molecule has 34 heavy (non-hydrogen) atoms. The quantitative estimate of drug-likeness (QED) is 0.313. The van der Waals surface area contributed by atoms with Crippen molar-refractivity contribution in [3.63, 3.8) is 0 Å². The lowest BCUT2D eigenvalue weighted by Crippen LogP contribution is -2.26. The molecule has 0 spiro atoms. The first-order valence-electron chi connectivity index (χ1n) is 10.8. The fourth-order valence-electron chi connectivity index (χ4n) is 3.58. The number of fused-ring (bicyclic) bond motifs is 1. The Labute approximate surface area is 199 Å². The van der Waals surface area contributed by atoms with E-state index in [2.05, 4.69) is 10.5 Å². The first kappa shape index (κ1) is 23.4. The Morgan fingerprint density at radius 1 is 0.912 bits per heavy atom. The summed E-state index contributed by atoms with van der Waals surface area (Å²) in [4.78, 5) is 12.7. The smallest absolute Gasteiger partial charge is 0.267 e. The van der Waals surface area contributed by atoms with E-state index in [4.69, 9.17) is 0 Å². The van der Waals surface area contributed by atoms with E-state index in [1.165, 1.54) is 11.4 Å². The zero-order chi connectivity index (χ0) is 24.1. The van der Waals surface area contributed by atoms with Gasteiger partial charge in [-0.15, -0.1) is 0 Å². The second-order valence-electron chi connectivity index (χ2n) is 8.04. The lowest BCUT2D eigenvalue weighted by Gasteiger charge is -2.17. The van der Waals surface area contributed by atoms with E-state index in [-0.39, 0.29) is 17.3 Å². The first-order valence-corrected chi connectivity index (χ1v) is 12.2. The van der Waals surface area contributed by atoms with E-state index in [0.717, 1.165) is 27.5 Å². The van der Waals surface area contributed by atoms with E-state index < -0.39 is 10.0 Å². The van der Waals surface area contributed by atoms with Crippen molar-refractivity contribution in [3.05, 3.63) is 113 Å². The number of amides is 1. The van der Waals surface area contributed by atoms with Crippen LogP contribution in [-0.4, -0.2) is 31.9 Å². The third kappa shape index (κ3) is 5.22. The molecule has 0 aliphatic rings. The van der Waals surface area contributed by atoms with Crippen LogP contribution in [0.4, 0.5) is 0 Å². The molecule has 0 heterocycles. The van der Waals surface area contributed by atoms with Crippen LogP contribution in [0.1, 0.15) is 27.0 Å². The van der Waals surface area contributed by atoms with Crippen molar-refractivity contribution >= 4 is 32.9 Å². The highest BCUT2D eigenvalue weighted by Crippen LogP contribution is 2.18. The summed E-state index contributed by atoms with van der Waals surface area (Å²) in [6, 6.07) is 27.4. The lowest BCUT2D eigenvalue weighted by molar-refractivity contribution is 0.0955. The second kappa shape index (κ2) is 9.99. The Morgan fingerprint density at radius 2 is 1.59 bits per heavy atom. The molecule has 1 N–H and O–H groups in total. The van der Waals surface area contributed by atoms with Gasteiger partial charge in [0.15, 0.2) is 0 Å². The number of benzene rings is 4.